The van der Waals surface area contributed by atoms with Crippen LogP contribution in [0.3, 0.4) is 0 Å². The van der Waals surface area contributed by atoms with Gasteiger partial charge in [0.1, 0.15) is 11.9 Å². The number of amides is 2. The number of nitrogens with one attached hydrogen (secondary N) is 1. The molecule has 1 saturated heterocycles. The Morgan fingerprint density at radius 1 is 1.56 bits per heavy atom. The highest BCUT2D eigenvalue weighted by Gasteiger charge is 2.29. The van der Waals surface area contributed by atoms with Crippen molar-refractivity contribution >= 4 is 24.4 Å². The van der Waals surface area contributed by atoms with Crippen molar-refractivity contribution in [3.05, 3.63) is 29.6 Å². The molecule has 2 amide bonds. The molecule has 1 atom stereocenters. The van der Waals surface area contributed by atoms with Gasteiger partial charge in [-0.25, -0.2) is 4.39 Å². The van der Waals surface area contributed by atoms with E-state index in [0.29, 0.717) is 18.7 Å². The molecule has 0 bridgehead atoms. The number of benzene rings is 1. The fourth-order valence-electron chi connectivity index (χ4n) is 1.87. The van der Waals surface area contributed by atoms with E-state index >= 15 is 0 Å². The van der Waals surface area contributed by atoms with E-state index in [0.717, 1.165) is 0 Å². The topological polar surface area (TPSA) is 49.4 Å². The second kappa shape index (κ2) is 4.97. The highest BCUT2D eigenvalue weighted by atomic mass is 32.1. The van der Waals surface area contributed by atoms with E-state index in [9.17, 15) is 14.0 Å². The van der Waals surface area contributed by atoms with Crippen molar-refractivity contribution in [2.24, 2.45) is 0 Å². The molecular formula is C12H13FN2O2S. The molecule has 1 fully saturated rings. The number of rotatable bonds is 1. The Balaban J connectivity index is 2.25. The predicted molar refractivity (Wildman–Crippen MR) is 67.2 cm³/mol. The van der Waals surface area contributed by atoms with Crippen molar-refractivity contribution in [2.75, 3.05) is 13.1 Å². The van der Waals surface area contributed by atoms with Gasteiger partial charge < -0.3 is 10.2 Å². The predicted octanol–water partition coefficient (Wildman–Crippen LogP) is 1.07. The van der Waals surface area contributed by atoms with Crippen LogP contribution in [0.4, 0.5) is 4.39 Å². The van der Waals surface area contributed by atoms with Crippen LogP contribution in [0.2, 0.25) is 0 Å². The lowest BCUT2D eigenvalue weighted by atomic mass is 10.1. The summed E-state index contributed by atoms with van der Waals surface area (Å²) in [6, 6.07) is 3.46. The summed E-state index contributed by atoms with van der Waals surface area (Å²) in [6.07, 6.45) is 0. The highest BCUT2D eigenvalue weighted by molar-refractivity contribution is 7.80. The molecule has 1 heterocycles. The lowest BCUT2D eigenvalue weighted by molar-refractivity contribution is -0.127. The molecule has 2 rings (SSSR count). The molecule has 1 unspecified atom stereocenters. The van der Waals surface area contributed by atoms with Crippen LogP contribution in [0.25, 0.3) is 0 Å². The average Bonchev–Trinajstić information content (AvgIpc) is 2.35. The number of hydrogen-bond donors (Lipinski definition) is 2. The minimum absolute atomic E-state index is 0.120. The Kier molecular flexibility index (Phi) is 3.56. The van der Waals surface area contributed by atoms with Gasteiger partial charge in [-0.05, 0) is 25.1 Å². The first-order chi connectivity index (χ1) is 8.50. The van der Waals surface area contributed by atoms with Crippen molar-refractivity contribution in [2.45, 2.75) is 17.9 Å². The quantitative estimate of drug-likeness (QED) is 0.749. The van der Waals surface area contributed by atoms with Gasteiger partial charge in [-0.15, -0.1) is 12.6 Å². The Labute approximate surface area is 110 Å². The van der Waals surface area contributed by atoms with Gasteiger partial charge in [0.2, 0.25) is 5.91 Å². The van der Waals surface area contributed by atoms with Crippen molar-refractivity contribution in [3.8, 4) is 0 Å². The van der Waals surface area contributed by atoms with Gasteiger partial charge in [0.15, 0.2) is 0 Å². The number of piperazine rings is 1. The fraction of sp³-hybridized carbons (Fsp3) is 0.333. The van der Waals surface area contributed by atoms with Crippen LogP contribution in [0.1, 0.15) is 17.3 Å². The van der Waals surface area contributed by atoms with Crippen LogP contribution in [-0.4, -0.2) is 35.8 Å². The van der Waals surface area contributed by atoms with Crippen molar-refractivity contribution in [1.29, 1.82) is 0 Å². The Morgan fingerprint density at radius 3 is 2.94 bits per heavy atom. The summed E-state index contributed by atoms with van der Waals surface area (Å²) in [4.78, 5) is 25.3. The standard InChI is InChI=1S/C12H13FN2O2S/c1-7-11(16)14-4-5-15(7)12(17)8-2-3-9(13)10(18)6-8/h2-3,6-7,18H,4-5H2,1H3,(H,14,16). The van der Waals surface area contributed by atoms with Gasteiger partial charge in [-0.2, -0.15) is 0 Å². The summed E-state index contributed by atoms with van der Waals surface area (Å²) in [5.74, 6) is -0.935. The second-order valence-corrected chi connectivity index (χ2v) is 4.61. The smallest absolute Gasteiger partial charge is 0.254 e. The van der Waals surface area contributed by atoms with Crippen LogP contribution in [0.15, 0.2) is 23.1 Å². The molecule has 0 spiro atoms. The third-order valence-corrected chi connectivity index (χ3v) is 3.30. The van der Waals surface area contributed by atoms with E-state index in [1.165, 1.54) is 23.1 Å². The van der Waals surface area contributed by atoms with E-state index in [1.807, 2.05) is 0 Å². The van der Waals surface area contributed by atoms with E-state index in [2.05, 4.69) is 17.9 Å². The molecule has 18 heavy (non-hydrogen) atoms. The molecule has 6 heteroatoms. The first kappa shape index (κ1) is 12.9. The summed E-state index contributed by atoms with van der Waals surface area (Å²) >= 11 is 3.94. The number of thiol groups is 1. The number of carbonyl (C=O) groups is 2. The molecule has 4 nitrogen and oxygen atoms in total. The van der Waals surface area contributed by atoms with Crippen molar-refractivity contribution in [1.82, 2.24) is 10.2 Å². The van der Waals surface area contributed by atoms with Gasteiger partial charge in [-0.3, -0.25) is 9.59 Å². The molecule has 1 N–H and O–H groups in total. The molecule has 0 aromatic heterocycles. The summed E-state index contributed by atoms with van der Waals surface area (Å²) in [5.41, 5.74) is 0.336. The fourth-order valence-corrected chi connectivity index (χ4v) is 2.09. The Bertz CT molecular complexity index is 507. The van der Waals surface area contributed by atoms with Gasteiger partial charge in [0, 0.05) is 23.5 Å². The van der Waals surface area contributed by atoms with Crippen molar-refractivity contribution < 1.29 is 14.0 Å². The summed E-state index contributed by atoms with van der Waals surface area (Å²) < 4.78 is 13.1. The number of halogens is 1. The van der Waals surface area contributed by atoms with Crippen LogP contribution in [0, 0.1) is 5.82 Å². The average molecular weight is 268 g/mol. The zero-order valence-corrected chi connectivity index (χ0v) is 10.7. The van der Waals surface area contributed by atoms with Crippen LogP contribution in [0.5, 0.6) is 0 Å². The summed E-state index contributed by atoms with van der Waals surface area (Å²) in [6.45, 7) is 2.55. The SMILES string of the molecule is CC1C(=O)NCCN1C(=O)c1ccc(F)c(S)c1. The lowest BCUT2D eigenvalue weighted by Crippen LogP contribution is -2.55. The van der Waals surface area contributed by atoms with Crippen molar-refractivity contribution in [3.63, 3.8) is 0 Å². The maximum absolute atomic E-state index is 13.1. The third-order valence-electron chi connectivity index (χ3n) is 2.95. The third kappa shape index (κ3) is 2.33. The van der Waals surface area contributed by atoms with Crippen LogP contribution >= 0.6 is 12.6 Å². The Morgan fingerprint density at radius 2 is 2.28 bits per heavy atom. The van der Waals surface area contributed by atoms with E-state index in [4.69, 9.17) is 0 Å². The maximum atomic E-state index is 13.1. The first-order valence-corrected chi connectivity index (χ1v) is 6.02. The molecule has 0 radical (unpaired) electrons. The van der Waals surface area contributed by atoms with Gasteiger partial charge in [0.25, 0.3) is 5.91 Å². The molecule has 1 aliphatic rings. The van der Waals surface area contributed by atoms with E-state index in [-0.39, 0.29) is 16.7 Å². The zero-order valence-electron chi connectivity index (χ0n) is 9.81. The summed E-state index contributed by atoms with van der Waals surface area (Å²) in [7, 11) is 0. The lowest BCUT2D eigenvalue weighted by Gasteiger charge is -2.32. The molecule has 1 aromatic carbocycles. The van der Waals surface area contributed by atoms with E-state index in [1.54, 1.807) is 6.92 Å². The van der Waals surface area contributed by atoms with E-state index < -0.39 is 11.9 Å². The van der Waals surface area contributed by atoms with Crippen LogP contribution < -0.4 is 5.32 Å². The first-order valence-electron chi connectivity index (χ1n) is 5.58. The monoisotopic (exact) mass is 268 g/mol. The highest BCUT2D eigenvalue weighted by Crippen LogP contribution is 2.17. The second-order valence-electron chi connectivity index (χ2n) is 4.13. The number of nitrogens with zero attached hydrogens (tertiary/aromatic N) is 1. The summed E-state index contributed by atoms with van der Waals surface area (Å²) in [5, 5.41) is 2.68. The van der Waals surface area contributed by atoms with Gasteiger partial charge in [0.05, 0.1) is 0 Å². The van der Waals surface area contributed by atoms with Gasteiger partial charge >= 0.3 is 0 Å². The molecular weight excluding hydrogens is 255 g/mol. The molecule has 0 saturated carbocycles. The molecule has 1 aromatic rings. The molecule has 96 valence electrons. The maximum Gasteiger partial charge on any atom is 0.254 e. The molecule has 1 aliphatic heterocycles. The normalized spacial score (nSPS) is 19.6. The Hall–Kier alpha value is -1.56. The van der Waals surface area contributed by atoms with Crippen LogP contribution in [-0.2, 0) is 4.79 Å². The minimum Gasteiger partial charge on any atom is -0.353 e. The zero-order chi connectivity index (χ0) is 13.3. The van der Waals surface area contributed by atoms with Gasteiger partial charge in [-0.1, -0.05) is 0 Å². The molecule has 0 aliphatic carbocycles. The number of carbonyl (C=O) groups excluding carboxylic acids is 2. The number of hydrogen-bond acceptors (Lipinski definition) is 3. The largest absolute Gasteiger partial charge is 0.353 e. The minimum atomic E-state index is -0.514.